The van der Waals surface area contributed by atoms with E-state index < -0.39 is 0 Å². The van der Waals surface area contributed by atoms with E-state index in [0.717, 1.165) is 24.0 Å². The number of hydrogen-bond donors (Lipinski definition) is 1. The third-order valence-electron chi connectivity index (χ3n) is 4.25. The Labute approximate surface area is 122 Å². The van der Waals surface area contributed by atoms with Crippen molar-refractivity contribution in [2.24, 2.45) is 0 Å². The number of aryl methyl sites for hydroxylation is 2. The molecule has 0 radical (unpaired) electrons. The van der Waals surface area contributed by atoms with Crippen LogP contribution in [0.25, 0.3) is 0 Å². The van der Waals surface area contributed by atoms with Gasteiger partial charge in [-0.25, -0.2) is 0 Å². The molecule has 2 aromatic rings. The maximum Gasteiger partial charge on any atom is 0.121 e. The fourth-order valence-electron chi connectivity index (χ4n) is 2.68. The maximum absolute atomic E-state index is 10.2. The molecule has 0 aliphatic rings. The summed E-state index contributed by atoms with van der Waals surface area (Å²) in [5, 5.41) is 10.2. The topological polar surface area (TPSA) is 20.2 Å². The molecule has 2 rings (SSSR count). The second-order valence-electron chi connectivity index (χ2n) is 5.84. The number of phenolic OH excluding ortho intramolecular Hbond substituents is 1. The molecule has 20 heavy (non-hydrogen) atoms. The van der Waals surface area contributed by atoms with Gasteiger partial charge < -0.3 is 5.11 Å². The molecule has 0 spiro atoms. The molecule has 1 N–H and O–H groups in total. The monoisotopic (exact) mass is 268 g/mol. The lowest BCUT2D eigenvalue weighted by Gasteiger charge is -2.27. The van der Waals surface area contributed by atoms with E-state index in [1.54, 1.807) is 0 Å². The molecule has 0 unspecified atom stereocenters. The second kappa shape index (κ2) is 5.70. The van der Waals surface area contributed by atoms with Gasteiger partial charge in [0.2, 0.25) is 0 Å². The second-order valence-corrected chi connectivity index (χ2v) is 5.84. The Morgan fingerprint density at radius 1 is 0.850 bits per heavy atom. The van der Waals surface area contributed by atoms with Crippen LogP contribution >= 0.6 is 0 Å². The number of hydrogen-bond acceptors (Lipinski definition) is 1. The van der Waals surface area contributed by atoms with Crippen LogP contribution in [0.5, 0.6) is 5.75 Å². The summed E-state index contributed by atoms with van der Waals surface area (Å²) >= 11 is 0. The first-order chi connectivity index (χ1) is 9.50. The minimum absolute atomic E-state index is 0.0528. The smallest absolute Gasteiger partial charge is 0.121 e. The fourth-order valence-corrected chi connectivity index (χ4v) is 2.68. The highest BCUT2D eigenvalue weighted by Gasteiger charge is 2.24. The molecule has 0 atom stereocenters. The van der Waals surface area contributed by atoms with Gasteiger partial charge in [0.15, 0.2) is 0 Å². The van der Waals surface area contributed by atoms with Gasteiger partial charge in [0, 0.05) is 5.41 Å². The van der Waals surface area contributed by atoms with E-state index in [9.17, 15) is 5.11 Å². The third-order valence-corrected chi connectivity index (χ3v) is 4.25. The summed E-state index contributed by atoms with van der Waals surface area (Å²) < 4.78 is 0. The van der Waals surface area contributed by atoms with Crippen LogP contribution < -0.4 is 0 Å². The van der Waals surface area contributed by atoms with Gasteiger partial charge in [-0.1, -0.05) is 70.2 Å². The number of rotatable bonds is 4. The van der Waals surface area contributed by atoms with Crippen molar-refractivity contribution in [2.75, 3.05) is 0 Å². The lowest BCUT2D eigenvalue weighted by Crippen LogP contribution is -2.19. The molecule has 0 fully saturated rings. The molecule has 0 bridgehead atoms. The molecule has 0 aliphatic heterocycles. The van der Waals surface area contributed by atoms with E-state index in [1.807, 2.05) is 6.07 Å². The van der Waals surface area contributed by atoms with Gasteiger partial charge in [-0.15, -0.1) is 0 Å². The molecule has 0 aromatic heterocycles. The Hall–Kier alpha value is -1.76. The van der Waals surface area contributed by atoms with Crippen molar-refractivity contribution in [3.8, 4) is 5.75 Å². The summed E-state index contributed by atoms with van der Waals surface area (Å²) in [6.45, 7) is 8.67. The van der Waals surface area contributed by atoms with Gasteiger partial charge in [0.05, 0.1) is 0 Å². The lowest BCUT2D eigenvalue weighted by molar-refractivity contribution is 0.461. The molecule has 0 amide bonds. The summed E-state index contributed by atoms with van der Waals surface area (Å²) in [6.07, 6.45) is 1.72. The molecule has 0 aliphatic carbocycles. The third kappa shape index (κ3) is 2.58. The van der Waals surface area contributed by atoms with Gasteiger partial charge in [0.25, 0.3) is 0 Å². The van der Waals surface area contributed by atoms with Crippen molar-refractivity contribution < 1.29 is 5.11 Å². The summed E-state index contributed by atoms with van der Waals surface area (Å²) in [7, 11) is 0. The zero-order valence-corrected chi connectivity index (χ0v) is 12.9. The predicted octanol–water partition coefficient (Wildman–Crippen LogP) is 4.84. The molecule has 1 heteroatoms. The highest BCUT2D eigenvalue weighted by Crippen LogP contribution is 2.36. The normalized spacial score (nSPS) is 11.6. The van der Waals surface area contributed by atoms with Crippen molar-refractivity contribution in [2.45, 2.75) is 46.0 Å². The minimum atomic E-state index is -0.0528. The Morgan fingerprint density at radius 3 is 1.80 bits per heavy atom. The summed E-state index contributed by atoms with van der Waals surface area (Å²) in [4.78, 5) is 0. The van der Waals surface area contributed by atoms with E-state index in [0.29, 0.717) is 5.75 Å². The SMILES string of the molecule is CCc1cc(C(C)(C)c2ccccc2)cc(CC)c1O. The van der Waals surface area contributed by atoms with Crippen LogP contribution in [0.2, 0.25) is 0 Å². The van der Waals surface area contributed by atoms with Gasteiger partial charge in [-0.05, 0) is 35.1 Å². The van der Waals surface area contributed by atoms with Crippen LogP contribution in [0.3, 0.4) is 0 Å². The largest absolute Gasteiger partial charge is 0.507 e. The molecular weight excluding hydrogens is 244 g/mol. The van der Waals surface area contributed by atoms with Crippen LogP contribution in [0.1, 0.15) is 49.9 Å². The van der Waals surface area contributed by atoms with E-state index in [2.05, 4.69) is 64.1 Å². The van der Waals surface area contributed by atoms with E-state index >= 15 is 0 Å². The molecule has 1 nitrogen and oxygen atoms in total. The first kappa shape index (κ1) is 14.6. The number of phenols is 1. The Kier molecular flexibility index (Phi) is 4.17. The predicted molar refractivity (Wildman–Crippen MR) is 85.4 cm³/mol. The summed E-state index contributed by atoms with van der Waals surface area (Å²) in [5.41, 5.74) is 4.61. The standard InChI is InChI=1S/C19H24O/c1-5-14-12-17(13-15(6-2)18(14)20)19(3,4)16-10-8-7-9-11-16/h7-13,20H,5-6H2,1-4H3. The van der Waals surface area contributed by atoms with Crippen molar-refractivity contribution in [1.29, 1.82) is 0 Å². The zero-order chi connectivity index (χ0) is 14.8. The van der Waals surface area contributed by atoms with Crippen molar-refractivity contribution in [3.63, 3.8) is 0 Å². The van der Waals surface area contributed by atoms with Crippen LogP contribution in [-0.2, 0) is 18.3 Å². The van der Waals surface area contributed by atoms with E-state index in [4.69, 9.17) is 0 Å². The highest BCUT2D eigenvalue weighted by molar-refractivity contribution is 5.48. The molecule has 0 heterocycles. The Bertz CT molecular complexity index is 557. The molecule has 2 aromatic carbocycles. The van der Waals surface area contributed by atoms with E-state index in [-0.39, 0.29) is 5.41 Å². The molecular formula is C19H24O. The number of aromatic hydroxyl groups is 1. The first-order valence-electron chi connectivity index (χ1n) is 7.41. The average molecular weight is 268 g/mol. The van der Waals surface area contributed by atoms with Gasteiger partial charge >= 0.3 is 0 Å². The average Bonchev–Trinajstić information content (AvgIpc) is 2.48. The molecule has 0 saturated heterocycles. The highest BCUT2D eigenvalue weighted by atomic mass is 16.3. The van der Waals surface area contributed by atoms with Crippen molar-refractivity contribution in [3.05, 3.63) is 64.7 Å². The van der Waals surface area contributed by atoms with Crippen LogP contribution in [0.4, 0.5) is 0 Å². The maximum atomic E-state index is 10.2. The fraction of sp³-hybridized carbons (Fsp3) is 0.368. The Morgan fingerprint density at radius 2 is 1.35 bits per heavy atom. The molecule has 0 saturated carbocycles. The van der Waals surface area contributed by atoms with Gasteiger partial charge in [0.1, 0.15) is 5.75 Å². The lowest BCUT2D eigenvalue weighted by atomic mass is 9.76. The van der Waals surface area contributed by atoms with Crippen LogP contribution in [0.15, 0.2) is 42.5 Å². The molecule has 106 valence electrons. The quantitative estimate of drug-likeness (QED) is 0.841. The number of benzene rings is 2. The Balaban J connectivity index is 2.57. The van der Waals surface area contributed by atoms with Crippen molar-refractivity contribution >= 4 is 0 Å². The zero-order valence-electron chi connectivity index (χ0n) is 12.9. The van der Waals surface area contributed by atoms with Gasteiger partial charge in [-0.3, -0.25) is 0 Å². The van der Waals surface area contributed by atoms with Gasteiger partial charge in [-0.2, -0.15) is 0 Å². The van der Waals surface area contributed by atoms with E-state index in [1.165, 1.54) is 11.1 Å². The minimum Gasteiger partial charge on any atom is -0.507 e. The summed E-state index contributed by atoms with van der Waals surface area (Å²) in [6, 6.07) is 14.9. The first-order valence-corrected chi connectivity index (χ1v) is 7.41. The van der Waals surface area contributed by atoms with Crippen LogP contribution in [-0.4, -0.2) is 5.11 Å². The van der Waals surface area contributed by atoms with Crippen molar-refractivity contribution in [1.82, 2.24) is 0 Å². The van der Waals surface area contributed by atoms with Crippen LogP contribution in [0, 0.1) is 0 Å². The summed E-state index contributed by atoms with van der Waals surface area (Å²) in [5.74, 6) is 0.475.